The van der Waals surface area contributed by atoms with Crippen LogP contribution in [0.5, 0.6) is 0 Å². The lowest BCUT2D eigenvalue weighted by Crippen LogP contribution is -2.32. The highest BCUT2D eigenvalue weighted by molar-refractivity contribution is 5.95. The highest BCUT2D eigenvalue weighted by Crippen LogP contribution is 2.09. The van der Waals surface area contributed by atoms with Gasteiger partial charge in [0.05, 0.1) is 6.04 Å². The van der Waals surface area contributed by atoms with Crippen molar-refractivity contribution in [3.63, 3.8) is 0 Å². The van der Waals surface area contributed by atoms with Crippen LogP contribution in [0.3, 0.4) is 0 Å². The lowest BCUT2D eigenvalue weighted by atomic mass is 10.2. The number of amides is 1. The van der Waals surface area contributed by atoms with Gasteiger partial charge < -0.3 is 0 Å². The van der Waals surface area contributed by atoms with Crippen LogP contribution in [0, 0.1) is 0 Å². The van der Waals surface area contributed by atoms with E-state index in [0.717, 1.165) is 5.71 Å². The Morgan fingerprint density at radius 2 is 1.75 bits per heavy atom. The second kappa shape index (κ2) is 5.45. The van der Waals surface area contributed by atoms with Crippen LogP contribution in [-0.4, -0.2) is 22.7 Å². The molecule has 0 aliphatic carbocycles. The second-order valence-corrected chi connectivity index (χ2v) is 4.16. The van der Waals surface area contributed by atoms with Crippen LogP contribution < -0.4 is 0 Å². The highest BCUT2D eigenvalue weighted by atomic mass is 16.2. The van der Waals surface area contributed by atoms with Gasteiger partial charge in [-0.25, -0.2) is 5.01 Å². The Kier molecular flexibility index (Phi) is 4.23. The van der Waals surface area contributed by atoms with Crippen molar-refractivity contribution >= 4 is 11.6 Å². The molecule has 86 valence electrons. The van der Waals surface area contributed by atoms with E-state index in [4.69, 9.17) is 0 Å². The fourth-order valence-corrected chi connectivity index (χ4v) is 1.32. The van der Waals surface area contributed by atoms with E-state index in [9.17, 15) is 4.79 Å². The van der Waals surface area contributed by atoms with Gasteiger partial charge in [-0.15, -0.1) is 0 Å². The van der Waals surface area contributed by atoms with Gasteiger partial charge in [-0.1, -0.05) is 18.2 Å². The number of hydrogen-bond acceptors (Lipinski definition) is 2. The lowest BCUT2D eigenvalue weighted by Gasteiger charge is -2.21. The van der Waals surface area contributed by atoms with Crippen molar-refractivity contribution in [2.24, 2.45) is 5.10 Å². The molecule has 0 saturated carbocycles. The summed E-state index contributed by atoms with van der Waals surface area (Å²) in [6.45, 7) is 7.67. The third kappa shape index (κ3) is 3.19. The first-order chi connectivity index (χ1) is 7.52. The van der Waals surface area contributed by atoms with Gasteiger partial charge in [-0.2, -0.15) is 5.10 Å². The van der Waals surface area contributed by atoms with Gasteiger partial charge in [0.25, 0.3) is 5.91 Å². The van der Waals surface area contributed by atoms with E-state index < -0.39 is 0 Å². The molecule has 0 radical (unpaired) electrons. The minimum Gasteiger partial charge on any atom is -0.267 e. The average molecular weight is 218 g/mol. The molecule has 1 aromatic rings. The first-order valence-electron chi connectivity index (χ1n) is 5.42. The fourth-order valence-electron chi connectivity index (χ4n) is 1.32. The van der Waals surface area contributed by atoms with Gasteiger partial charge in [-0.05, 0) is 39.8 Å². The molecule has 1 amide bonds. The summed E-state index contributed by atoms with van der Waals surface area (Å²) in [7, 11) is 0. The molecule has 3 nitrogen and oxygen atoms in total. The van der Waals surface area contributed by atoms with Gasteiger partial charge in [-0.3, -0.25) is 4.79 Å². The molecule has 0 N–H and O–H groups in total. The first kappa shape index (κ1) is 12.4. The van der Waals surface area contributed by atoms with Crippen LogP contribution in [0.15, 0.2) is 35.4 Å². The molecule has 1 aromatic carbocycles. The summed E-state index contributed by atoms with van der Waals surface area (Å²) in [6, 6.07) is 9.27. The lowest BCUT2D eigenvalue weighted by molar-refractivity contribution is 0.0711. The summed E-state index contributed by atoms with van der Waals surface area (Å²) >= 11 is 0. The van der Waals surface area contributed by atoms with Gasteiger partial charge in [0.1, 0.15) is 0 Å². The second-order valence-electron chi connectivity index (χ2n) is 4.16. The first-order valence-corrected chi connectivity index (χ1v) is 5.42. The van der Waals surface area contributed by atoms with E-state index in [1.165, 1.54) is 5.01 Å². The summed E-state index contributed by atoms with van der Waals surface area (Å²) in [5.41, 5.74) is 1.54. The Bertz CT molecular complexity index is 378. The highest BCUT2D eigenvalue weighted by Gasteiger charge is 2.17. The maximum Gasteiger partial charge on any atom is 0.274 e. The van der Waals surface area contributed by atoms with E-state index in [1.807, 2.05) is 45.9 Å². The molecular weight excluding hydrogens is 200 g/mol. The van der Waals surface area contributed by atoms with Crippen LogP contribution in [0.25, 0.3) is 0 Å². The monoisotopic (exact) mass is 218 g/mol. The van der Waals surface area contributed by atoms with E-state index in [1.54, 1.807) is 12.1 Å². The third-order valence-corrected chi connectivity index (χ3v) is 2.03. The molecule has 1 rings (SSSR count). The van der Waals surface area contributed by atoms with Crippen molar-refractivity contribution in [2.75, 3.05) is 0 Å². The number of nitrogens with zero attached hydrogens (tertiary/aromatic N) is 2. The number of hydrogen-bond donors (Lipinski definition) is 0. The third-order valence-electron chi connectivity index (χ3n) is 2.03. The van der Waals surface area contributed by atoms with Crippen LogP contribution in [0.1, 0.15) is 38.1 Å². The molecular formula is C13H18N2O. The predicted octanol–water partition coefficient (Wildman–Crippen LogP) is 2.93. The molecule has 0 spiro atoms. The van der Waals surface area contributed by atoms with Crippen molar-refractivity contribution < 1.29 is 4.79 Å². The zero-order valence-electron chi connectivity index (χ0n) is 10.3. The number of carbonyl (C=O) groups excluding carboxylic acids is 1. The standard InChI is InChI=1S/C13H18N2O/c1-10(2)14-15(11(3)4)13(16)12-8-6-5-7-9-12/h5-9,11H,1-4H3. The minimum absolute atomic E-state index is 0.0580. The number of rotatable bonds is 3. The van der Waals surface area contributed by atoms with Crippen molar-refractivity contribution in [3.05, 3.63) is 35.9 Å². The Labute approximate surface area is 96.8 Å². The Hall–Kier alpha value is -1.64. The molecule has 0 saturated heterocycles. The molecule has 16 heavy (non-hydrogen) atoms. The summed E-state index contributed by atoms with van der Waals surface area (Å²) in [6.07, 6.45) is 0. The van der Waals surface area contributed by atoms with E-state index in [2.05, 4.69) is 5.10 Å². The fraction of sp³-hybridized carbons (Fsp3) is 0.385. The smallest absolute Gasteiger partial charge is 0.267 e. The summed E-state index contributed by atoms with van der Waals surface area (Å²) in [5.74, 6) is -0.0585. The maximum absolute atomic E-state index is 12.1. The van der Waals surface area contributed by atoms with Gasteiger partial charge >= 0.3 is 0 Å². The molecule has 0 bridgehead atoms. The number of hydrazone groups is 1. The van der Waals surface area contributed by atoms with Gasteiger partial charge in [0, 0.05) is 11.3 Å². The van der Waals surface area contributed by atoms with E-state index in [-0.39, 0.29) is 11.9 Å². The van der Waals surface area contributed by atoms with Crippen molar-refractivity contribution in [2.45, 2.75) is 33.7 Å². The minimum atomic E-state index is -0.0585. The van der Waals surface area contributed by atoms with E-state index in [0.29, 0.717) is 5.56 Å². The zero-order valence-corrected chi connectivity index (χ0v) is 10.3. The molecule has 0 aromatic heterocycles. The Morgan fingerprint density at radius 1 is 1.19 bits per heavy atom. The van der Waals surface area contributed by atoms with Crippen LogP contribution in [0.2, 0.25) is 0 Å². The van der Waals surface area contributed by atoms with Gasteiger partial charge in [0.2, 0.25) is 0 Å². The molecule has 0 fully saturated rings. The van der Waals surface area contributed by atoms with E-state index >= 15 is 0 Å². The van der Waals surface area contributed by atoms with Gasteiger partial charge in [0.15, 0.2) is 0 Å². The Morgan fingerprint density at radius 3 is 2.19 bits per heavy atom. The molecule has 0 heterocycles. The largest absolute Gasteiger partial charge is 0.274 e. The number of benzene rings is 1. The molecule has 0 aliphatic rings. The van der Waals surface area contributed by atoms with Crippen molar-refractivity contribution in [3.8, 4) is 0 Å². The molecule has 0 atom stereocenters. The number of carbonyl (C=O) groups is 1. The predicted molar refractivity (Wildman–Crippen MR) is 66.5 cm³/mol. The summed E-state index contributed by atoms with van der Waals surface area (Å²) in [4.78, 5) is 12.1. The molecule has 0 unspecified atom stereocenters. The summed E-state index contributed by atoms with van der Waals surface area (Å²) in [5, 5.41) is 5.77. The zero-order chi connectivity index (χ0) is 12.1. The average Bonchev–Trinajstić information content (AvgIpc) is 2.25. The van der Waals surface area contributed by atoms with Crippen molar-refractivity contribution in [1.82, 2.24) is 5.01 Å². The topological polar surface area (TPSA) is 32.7 Å². The quantitative estimate of drug-likeness (QED) is 0.567. The van der Waals surface area contributed by atoms with Crippen LogP contribution in [0.4, 0.5) is 0 Å². The van der Waals surface area contributed by atoms with Crippen molar-refractivity contribution in [1.29, 1.82) is 0 Å². The maximum atomic E-state index is 12.1. The van der Waals surface area contributed by atoms with Crippen LogP contribution >= 0.6 is 0 Å². The molecule has 0 aliphatic heterocycles. The normalized spacial score (nSPS) is 10.1. The Balaban J connectivity index is 2.97. The summed E-state index contributed by atoms with van der Waals surface area (Å²) < 4.78 is 0. The van der Waals surface area contributed by atoms with Crippen LogP contribution in [-0.2, 0) is 0 Å². The molecule has 3 heteroatoms. The SMILES string of the molecule is CC(C)=NN(C(=O)c1ccccc1)C(C)C.